The van der Waals surface area contributed by atoms with E-state index in [-0.39, 0.29) is 11.2 Å². The lowest BCUT2D eigenvalue weighted by Gasteiger charge is -2.32. The normalized spacial score (nSPS) is 21.7. The molecule has 1 fully saturated rings. The fourth-order valence-electron chi connectivity index (χ4n) is 2.01. The standard InChI is InChI=1S/C15H22BN3O2/c1-7-12(9-13(8-2)19-10-17-18-11-19)16-20-14(3,4)15(5,6)21-16/h7-11H,2H2,1,3-6H3. The topological polar surface area (TPSA) is 49.2 Å². The molecule has 21 heavy (non-hydrogen) atoms. The Morgan fingerprint density at radius 3 is 2.10 bits per heavy atom. The summed E-state index contributed by atoms with van der Waals surface area (Å²) >= 11 is 0. The molecule has 1 aliphatic rings. The highest BCUT2D eigenvalue weighted by Gasteiger charge is 2.51. The minimum Gasteiger partial charge on any atom is -0.399 e. The van der Waals surface area contributed by atoms with Gasteiger partial charge in [0.1, 0.15) is 12.7 Å². The molecule has 0 aromatic carbocycles. The predicted molar refractivity (Wildman–Crippen MR) is 84.3 cm³/mol. The Morgan fingerprint density at radius 1 is 1.14 bits per heavy atom. The van der Waals surface area contributed by atoms with Crippen LogP contribution in [0.15, 0.2) is 42.9 Å². The van der Waals surface area contributed by atoms with E-state index < -0.39 is 7.12 Å². The van der Waals surface area contributed by atoms with Crippen molar-refractivity contribution in [2.75, 3.05) is 0 Å². The first-order chi connectivity index (χ1) is 9.80. The Morgan fingerprint density at radius 2 is 1.67 bits per heavy atom. The third-order valence-corrected chi connectivity index (χ3v) is 4.10. The summed E-state index contributed by atoms with van der Waals surface area (Å²) in [7, 11) is -0.397. The smallest absolute Gasteiger partial charge is 0.399 e. The number of nitrogens with zero attached hydrogens (tertiary/aromatic N) is 3. The van der Waals surface area contributed by atoms with E-state index in [9.17, 15) is 0 Å². The van der Waals surface area contributed by atoms with Gasteiger partial charge in [-0.1, -0.05) is 12.7 Å². The zero-order valence-electron chi connectivity index (χ0n) is 13.3. The van der Waals surface area contributed by atoms with Gasteiger partial charge in [-0.3, -0.25) is 4.57 Å². The van der Waals surface area contributed by atoms with E-state index in [0.717, 1.165) is 11.2 Å². The molecule has 0 radical (unpaired) electrons. The number of rotatable bonds is 4. The van der Waals surface area contributed by atoms with Crippen molar-refractivity contribution < 1.29 is 9.31 Å². The molecule has 5 nitrogen and oxygen atoms in total. The second-order valence-electron chi connectivity index (χ2n) is 6.02. The Kier molecular flexibility index (Phi) is 4.21. The molecule has 0 unspecified atom stereocenters. The lowest BCUT2D eigenvalue weighted by molar-refractivity contribution is 0.00578. The van der Waals surface area contributed by atoms with Crippen molar-refractivity contribution in [2.24, 2.45) is 0 Å². The molecular formula is C15H22BN3O2. The third kappa shape index (κ3) is 3.01. The Bertz CT molecular complexity index is 558. The molecule has 112 valence electrons. The first kappa shape index (κ1) is 15.7. The molecule has 0 saturated carbocycles. The molecule has 1 saturated heterocycles. The van der Waals surface area contributed by atoms with Crippen LogP contribution in [0.2, 0.25) is 0 Å². The predicted octanol–water partition coefficient (Wildman–Crippen LogP) is 2.88. The maximum Gasteiger partial charge on any atom is 0.494 e. The van der Waals surface area contributed by atoms with E-state index in [1.807, 2.05) is 46.8 Å². The minimum absolute atomic E-state index is 0.356. The van der Waals surface area contributed by atoms with Gasteiger partial charge < -0.3 is 9.31 Å². The first-order valence-electron chi connectivity index (χ1n) is 7.02. The summed E-state index contributed by atoms with van der Waals surface area (Å²) in [4.78, 5) is 0. The average molecular weight is 287 g/mol. The molecule has 0 atom stereocenters. The van der Waals surface area contributed by atoms with Crippen molar-refractivity contribution in [3.05, 3.63) is 42.9 Å². The van der Waals surface area contributed by atoms with Gasteiger partial charge in [-0.05, 0) is 52.2 Å². The molecule has 0 N–H and O–H groups in total. The van der Waals surface area contributed by atoms with Crippen molar-refractivity contribution in [3.63, 3.8) is 0 Å². The summed E-state index contributed by atoms with van der Waals surface area (Å²) in [5.74, 6) is 0. The van der Waals surface area contributed by atoms with Crippen LogP contribution in [0.3, 0.4) is 0 Å². The van der Waals surface area contributed by atoms with E-state index in [0.29, 0.717) is 0 Å². The summed E-state index contributed by atoms with van der Waals surface area (Å²) in [6, 6.07) is 0. The average Bonchev–Trinajstić information content (AvgIpc) is 2.98. The molecule has 6 heteroatoms. The van der Waals surface area contributed by atoms with Crippen LogP contribution < -0.4 is 0 Å². The third-order valence-electron chi connectivity index (χ3n) is 4.10. The molecule has 1 aliphatic heterocycles. The Balaban J connectivity index is 2.28. The number of hydrogen-bond acceptors (Lipinski definition) is 4. The van der Waals surface area contributed by atoms with Crippen molar-refractivity contribution in [2.45, 2.75) is 45.8 Å². The van der Waals surface area contributed by atoms with E-state index >= 15 is 0 Å². The van der Waals surface area contributed by atoms with E-state index in [2.05, 4.69) is 16.8 Å². The van der Waals surface area contributed by atoms with Gasteiger partial charge in [-0.2, -0.15) is 0 Å². The van der Waals surface area contributed by atoms with Crippen LogP contribution in [-0.2, 0) is 9.31 Å². The lowest BCUT2D eigenvalue weighted by atomic mass is 9.77. The van der Waals surface area contributed by atoms with Gasteiger partial charge in [-0.25, -0.2) is 0 Å². The van der Waals surface area contributed by atoms with Gasteiger partial charge in [-0.15, -0.1) is 10.2 Å². The van der Waals surface area contributed by atoms with E-state index in [1.165, 1.54) is 0 Å². The van der Waals surface area contributed by atoms with Crippen LogP contribution in [0.1, 0.15) is 34.6 Å². The zero-order chi connectivity index (χ0) is 15.7. The van der Waals surface area contributed by atoms with E-state index in [1.54, 1.807) is 23.3 Å². The van der Waals surface area contributed by atoms with Crippen LogP contribution in [-0.4, -0.2) is 33.1 Å². The maximum atomic E-state index is 6.07. The Hall–Kier alpha value is -1.66. The van der Waals surface area contributed by atoms with Gasteiger partial charge in [0.25, 0.3) is 0 Å². The quantitative estimate of drug-likeness (QED) is 0.631. The van der Waals surface area contributed by atoms with Crippen LogP contribution in [0.5, 0.6) is 0 Å². The molecule has 2 heterocycles. The lowest BCUT2D eigenvalue weighted by Crippen LogP contribution is -2.41. The molecule has 0 bridgehead atoms. The van der Waals surface area contributed by atoms with Gasteiger partial charge in [0.05, 0.1) is 11.2 Å². The second-order valence-corrected chi connectivity index (χ2v) is 6.02. The highest BCUT2D eigenvalue weighted by molar-refractivity contribution is 6.55. The Labute approximate surface area is 126 Å². The summed E-state index contributed by atoms with van der Waals surface area (Å²) in [5, 5.41) is 7.62. The minimum atomic E-state index is -0.397. The van der Waals surface area contributed by atoms with E-state index in [4.69, 9.17) is 9.31 Å². The van der Waals surface area contributed by atoms with Gasteiger partial charge in [0.15, 0.2) is 0 Å². The van der Waals surface area contributed by atoms with Crippen molar-refractivity contribution in [1.82, 2.24) is 14.8 Å². The summed E-state index contributed by atoms with van der Waals surface area (Å²) in [6.45, 7) is 14.0. The van der Waals surface area contributed by atoms with Crippen molar-refractivity contribution >= 4 is 12.8 Å². The van der Waals surface area contributed by atoms with Crippen LogP contribution >= 0.6 is 0 Å². The summed E-state index contributed by atoms with van der Waals surface area (Å²) in [6.07, 6.45) is 8.96. The molecule has 2 rings (SSSR count). The number of aromatic nitrogens is 3. The molecule has 0 aliphatic carbocycles. The number of hydrogen-bond donors (Lipinski definition) is 0. The van der Waals surface area contributed by atoms with Crippen LogP contribution in [0.4, 0.5) is 0 Å². The van der Waals surface area contributed by atoms with Crippen molar-refractivity contribution in [3.8, 4) is 0 Å². The highest BCUT2D eigenvalue weighted by Crippen LogP contribution is 2.38. The van der Waals surface area contributed by atoms with Gasteiger partial charge in [0, 0.05) is 5.70 Å². The van der Waals surface area contributed by atoms with Crippen LogP contribution in [0.25, 0.3) is 5.70 Å². The van der Waals surface area contributed by atoms with Crippen LogP contribution in [0, 0.1) is 0 Å². The monoisotopic (exact) mass is 287 g/mol. The summed E-state index contributed by atoms with van der Waals surface area (Å²) in [5.41, 5.74) is 1.09. The zero-order valence-corrected chi connectivity index (χ0v) is 13.3. The first-order valence-corrected chi connectivity index (χ1v) is 7.02. The maximum absolute atomic E-state index is 6.07. The van der Waals surface area contributed by atoms with Crippen molar-refractivity contribution in [1.29, 1.82) is 0 Å². The fourth-order valence-corrected chi connectivity index (χ4v) is 2.01. The fraction of sp³-hybridized carbons (Fsp3) is 0.467. The molecule has 0 spiro atoms. The van der Waals surface area contributed by atoms with Gasteiger partial charge in [0.2, 0.25) is 0 Å². The second kappa shape index (κ2) is 5.62. The molecule has 1 aromatic heterocycles. The molecular weight excluding hydrogens is 265 g/mol. The molecule has 0 amide bonds. The highest BCUT2D eigenvalue weighted by atomic mass is 16.7. The summed E-state index contributed by atoms with van der Waals surface area (Å²) < 4.78 is 13.9. The largest absolute Gasteiger partial charge is 0.494 e. The number of allylic oxidation sites excluding steroid dienone is 5. The SMILES string of the molecule is C=CC(=CC(=CC)B1OC(C)(C)C(C)(C)O1)n1cnnc1. The van der Waals surface area contributed by atoms with Gasteiger partial charge >= 0.3 is 7.12 Å². The molecule has 1 aromatic rings.